The second-order valence-corrected chi connectivity index (χ2v) is 4.46. The van der Waals surface area contributed by atoms with E-state index in [2.05, 4.69) is 10.3 Å². The molecular formula is C11H21NO4S. The summed E-state index contributed by atoms with van der Waals surface area (Å²) in [6.07, 6.45) is 2.04. The summed E-state index contributed by atoms with van der Waals surface area (Å²) in [4.78, 5) is 26.9. The molecule has 0 heterocycles. The van der Waals surface area contributed by atoms with Gasteiger partial charge in [-0.2, -0.15) is 5.48 Å². The Morgan fingerprint density at radius 3 is 2.71 bits per heavy atom. The zero-order chi connectivity index (χ0) is 12.9. The second-order valence-electron chi connectivity index (χ2n) is 3.35. The Balaban J connectivity index is 3.36. The molecule has 0 unspecified atom stereocenters. The van der Waals surface area contributed by atoms with Crippen molar-refractivity contribution in [1.29, 1.82) is 0 Å². The summed E-state index contributed by atoms with van der Waals surface area (Å²) in [6.45, 7) is 5.22. The maximum atomic E-state index is 11.2. The van der Waals surface area contributed by atoms with Crippen LogP contribution < -0.4 is 5.48 Å². The third-order valence-electron chi connectivity index (χ3n) is 1.82. The maximum absolute atomic E-state index is 11.2. The average molecular weight is 263 g/mol. The molecule has 0 aromatic heterocycles. The van der Waals surface area contributed by atoms with Crippen LogP contribution in [0.25, 0.3) is 0 Å². The van der Waals surface area contributed by atoms with Crippen LogP contribution in [-0.2, 0) is 19.2 Å². The summed E-state index contributed by atoms with van der Waals surface area (Å²) in [6, 6.07) is 0. The van der Waals surface area contributed by atoms with E-state index in [0.717, 1.165) is 18.6 Å². The van der Waals surface area contributed by atoms with E-state index < -0.39 is 0 Å². The molecule has 5 nitrogen and oxygen atoms in total. The summed E-state index contributed by atoms with van der Waals surface area (Å²) in [5.41, 5.74) is 2.13. The van der Waals surface area contributed by atoms with Crippen molar-refractivity contribution in [2.24, 2.45) is 0 Å². The molecule has 0 aromatic carbocycles. The van der Waals surface area contributed by atoms with E-state index in [1.54, 1.807) is 0 Å². The predicted molar refractivity (Wildman–Crippen MR) is 67.6 cm³/mol. The third-order valence-corrected chi connectivity index (χ3v) is 2.74. The summed E-state index contributed by atoms with van der Waals surface area (Å²) >= 11 is 1.44. The number of nitrogens with one attached hydrogen (secondary N) is 1. The minimum atomic E-state index is -0.389. The Bertz CT molecular complexity index is 224. The fourth-order valence-electron chi connectivity index (χ4n) is 0.942. The molecule has 0 saturated carbocycles. The first-order chi connectivity index (χ1) is 8.20. The van der Waals surface area contributed by atoms with Gasteiger partial charge in [0.1, 0.15) is 0 Å². The molecule has 6 heteroatoms. The number of carbonyl (C=O) groups excluding carboxylic acids is 2. The molecule has 0 atom stereocenters. The maximum Gasteiger partial charge on any atom is 0.332 e. The first-order valence-corrected chi connectivity index (χ1v) is 7.00. The number of ether oxygens (including phenoxy) is 1. The Labute approximate surface area is 107 Å². The number of hydroxylamine groups is 1. The molecule has 0 spiro atoms. The van der Waals surface area contributed by atoms with Crippen LogP contribution in [-0.4, -0.2) is 36.6 Å². The number of hydrogen-bond donors (Lipinski definition) is 1. The van der Waals surface area contributed by atoms with Gasteiger partial charge in [0, 0.05) is 18.8 Å². The molecule has 0 bridgehead atoms. The van der Waals surface area contributed by atoms with Crippen molar-refractivity contribution in [3.63, 3.8) is 0 Å². The number of amides is 1. The Kier molecular flexibility index (Phi) is 11.2. The van der Waals surface area contributed by atoms with Crippen LogP contribution >= 0.6 is 11.8 Å². The van der Waals surface area contributed by atoms with Crippen LogP contribution in [0.15, 0.2) is 0 Å². The molecule has 0 aliphatic carbocycles. The van der Waals surface area contributed by atoms with Gasteiger partial charge < -0.3 is 9.57 Å². The van der Waals surface area contributed by atoms with Crippen LogP contribution in [0.2, 0.25) is 0 Å². The van der Waals surface area contributed by atoms with Gasteiger partial charge in [-0.25, -0.2) is 4.79 Å². The molecule has 0 fully saturated rings. The highest BCUT2D eigenvalue weighted by molar-refractivity contribution is 7.99. The highest BCUT2D eigenvalue weighted by Gasteiger charge is 2.06. The van der Waals surface area contributed by atoms with Gasteiger partial charge in [0.15, 0.2) is 0 Å². The largest absolute Gasteiger partial charge is 0.381 e. The van der Waals surface area contributed by atoms with E-state index >= 15 is 0 Å². The molecule has 17 heavy (non-hydrogen) atoms. The van der Waals surface area contributed by atoms with Crippen LogP contribution in [0, 0.1) is 0 Å². The molecule has 0 saturated heterocycles. The zero-order valence-corrected chi connectivity index (χ0v) is 11.3. The van der Waals surface area contributed by atoms with Crippen LogP contribution in [0.5, 0.6) is 0 Å². The van der Waals surface area contributed by atoms with Gasteiger partial charge in [0.25, 0.3) is 5.91 Å². The van der Waals surface area contributed by atoms with Crippen LogP contribution in [0.4, 0.5) is 0 Å². The number of rotatable bonds is 9. The molecule has 0 aromatic rings. The Hall–Kier alpha value is -0.750. The molecular weight excluding hydrogens is 242 g/mol. The van der Waals surface area contributed by atoms with E-state index in [1.165, 1.54) is 11.8 Å². The van der Waals surface area contributed by atoms with Gasteiger partial charge in [-0.05, 0) is 13.3 Å². The van der Waals surface area contributed by atoms with Gasteiger partial charge >= 0.3 is 5.97 Å². The van der Waals surface area contributed by atoms with Gasteiger partial charge in [-0.1, -0.05) is 13.3 Å². The molecule has 1 amide bonds. The van der Waals surface area contributed by atoms with Gasteiger partial charge in [-0.15, -0.1) is 11.8 Å². The minimum Gasteiger partial charge on any atom is -0.381 e. The fraction of sp³-hybridized carbons (Fsp3) is 0.818. The zero-order valence-electron chi connectivity index (χ0n) is 10.5. The molecule has 0 aliphatic heterocycles. The van der Waals surface area contributed by atoms with Crippen molar-refractivity contribution in [1.82, 2.24) is 5.48 Å². The summed E-state index contributed by atoms with van der Waals surface area (Å²) in [7, 11) is 0. The van der Waals surface area contributed by atoms with E-state index in [-0.39, 0.29) is 17.6 Å². The van der Waals surface area contributed by atoms with Gasteiger partial charge in [0.2, 0.25) is 0 Å². The monoisotopic (exact) mass is 263 g/mol. The Morgan fingerprint density at radius 1 is 1.29 bits per heavy atom. The first-order valence-electron chi connectivity index (χ1n) is 5.84. The quantitative estimate of drug-likeness (QED) is 0.505. The minimum absolute atomic E-state index is 0.272. The fourth-order valence-corrected chi connectivity index (χ4v) is 1.57. The van der Waals surface area contributed by atoms with Gasteiger partial charge in [-0.3, -0.25) is 4.79 Å². The Morgan fingerprint density at radius 2 is 2.06 bits per heavy atom. The molecule has 0 radical (unpaired) electrons. The predicted octanol–water partition coefficient (Wildman–Crippen LogP) is 1.52. The molecule has 1 N–H and O–H groups in total. The van der Waals surface area contributed by atoms with Crippen molar-refractivity contribution in [3.05, 3.63) is 0 Å². The number of thioether (sulfide) groups is 1. The van der Waals surface area contributed by atoms with E-state index in [4.69, 9.17) is 4.74 Å². The molecule has 100 valence electrons. The topological polar surface area (TPSA) is 64.6 Å². The molecule has 0 aliphatic rings. The van der Waals surface area contributed by atoms with Gasteiger partial charge in [0.05, 0.1) is 12.4 Å². The lowest BCUT2D eigenvalue weighted by Gasteiger charge is -2.05. The van der Waals surface area contributed by atoms with Crippen molar-refractivity contribution in [3.8, 4) is 0 Å². The van der Waals surface area contributed by atoms with Crippen molar-refractivity contribution in [2.75, 3.05) is 24.7 Å². The van der Waals surface area contributed by atoms with E-state index in [1.807, 2.05) is 13.8 Å². The SMILES string of the molecule is CCCCC(=O)ONC(=O)CSCCOCC. The average Bonchev–Trinajstić information content (AvgIpc) is 2.33. The smallest absolute Gasteiger partial charge is 0.332 e. The highest BCUT2D eigenvalue weighted by atomic mass is 32.2. The standard InChI is InChI=1S/C11H21NO4S/c1-3-5-6-11(14)16-12-10(13)9-17-8-7-15-4-2/h3-9H2,1-2H3,(H,12,13). The van der Waals surface area contributed by atoms with Crippen LogP contribution in [0.3, 0.4) is 0 Å². The number of hydrogen-bond acceptors (Lipinski definition) is 5. The van der Waals surface area contributed by atoms with E-state index in [0.29, 0.717) is 19.6 Å². The number of carbonyl (C=O) groups is 2. The van der Waals surface area contributed by atoms with Crippen molar-refractivity contribution in [2.45, 2.75) is 33.1 Å². The normalized spacial score (nSPS) is 10.0. The summed E-state index contributed by atoms with van der Waals surface area (Å²) < 4.78 is 5.12. The van der Waals surface area contributed by atoms with Crippen molar-refractivity contribution >= 4 is 23.6 Å². The lowest BCUT2D eigenvalue weighted by molar-refractivity contribution is -0.157. The number of unbranched alkanes of at least 4 members (excludes halogenated alkanes) is 1. The summed E-state index contributed by atoms with van der Waals surface area (Å²) in [5, 5.41) is 0. The van der Waals surface area contributed by atoms with E-state index in [9.17, 15) is 9.59 Å². The third kappa shape index (κ3) is 11.5. The second kappa shape index (κ2) is 11.7. The summed E-state index contributed by atoms with van der Waals surface area (Å²) in [5.74, 6) is 0.343. The lowest BCUT2D eigenvalue weighted by atomic mass is 10.3. The molecule has 0 rings (SSSR count). The lowest BCUT2D eigenvalue weighted by Crippen LogP contribution is -2.28. The highest BCUT2D eigenvalue weighted by Crippen LogP contribution is 1.99. The first kappa shape index (κ1) is 16.2. The van der Waals surface area contributed by atoms with Crippen molar-refractivity contribution < 1.29 is 19.2 Å². The van der Waals surface area contributed by atoms with Crippen LogP contribution in [0.1, 0.15) is 33.1 Å².